The lowest BCUT2D eigenvalue weighted by Gasteiger charge is -2.07. The van der Waals surface area contributed by atoms with Crippen molar-refractivity contribution < 1.29 is 19.2 Å². The lowest BCUT2D eigenvalue weighted by Crippen LogP contribution is -2.04. The Labute approximate surface area is 139 Å². The molecule has 2 aromatic rings. The number of ether oxygens (including phenoxy) is 2. The van der Waals surface area contributed by atoms with E-state index in [4.69, 9.17) is 9.47 Å². The smallest absolute Gasteiger partial charge is 0.336 e. The standard InChI is InChI=1S/C18H17NO5/c1-2-13-23-17-6-4-3-5-14(17)7-12-18(20)24-16-10-8-15(9-11-16)19(21)22/h3-12H,2,13H2,1H3. The van der Waals surface area contributed by atoms with Crippen LogP contribution in [0.4, 0.5) is 5.69 Å². The van der Waals surface area contributed by atoms with Gasteiger partial charge in [0.2, 0.25) is 0 Å². The number of rotatable bonds is 7. The highest BCUT2D eigenvalue weighted by molar-refractivity contribution is 5.89. The van der Waals surface area contributed by atoms with Crippen LogP contribution in [0, 0.1) is 10.1 Å². The zero-order chi connectivity index (χ0) is 17.4. The molecule has 0 fully saturated rings. The van der Waals surface area contributed by atoms with Crippen LogP contribution in [-0.4, -0.2) is 17.5 Å². The van der Waals surface area contributed by atoms with Crippen LogP contribution in [0.15, 0.2) is 54.6 Å². The second-order valence-corrected chi connectivity index (χ2v) is 4.89. The van der Waals surface area contributed by atoms with Crippen molar-refractivity contribution in [3.63, 3.8) is 0 Å². The van der Waals surface area contributed by atoms with Gasteiger partial charge in [-0.15, -0.1) is 0 Å². The van der Waals surface area contributed by atoms with E-state index in [1.807, 2.05) is 31.2 Å². The summed E-state index contributed by atoms with van der Waals surface area (Å²) in [5, 5.41) is 10.6. The summed E-state index contributed by atoms with van der Waals surface area (Å²) in [5.74, 6) is 0.360. The number of carbonyl (C=O) groups excluding carboxylic acids is 1. The number of esters is 1. The Morgan fingerprint density at radius 1 is 1.17 bits per heavy atom. The molecule has 6 heteroatoms. The maximum atomic E-state index is 11.8. The van der Waals surface area contributed by atoms with Crippen molar-refractivity contribution in [2.24, 2.45) is 0 Å². The number of carbonyl (C=O) groups is 1. The van der Waals surface area contributed by atoms with Gasteiger partial charge in [0.05, 0.1) is 11.5 Å². The number of non-ortho nitro benzene ring substituents is 1. The van der Waals surface area contributed by atoms with E-state index in [1.54, 1.807) is 6.08 Å². The van der Waals surface area contributed by atoms with Gasteiger partial charge in [-0.25, -0.2) is 4.79 Å². The van der Waals surface area contributed by atoms with Gasteiger partial charge in [-0.3, -0.25) is 10.1 Å². The first kappa shape index (κ1) is 17.2. The summed E-state index contributed by atoms with van der Waals surface area (Å²) in [4.78, 5) is 21.9. The Kier molecular flexibility index (Phi) is 6.08. The number of benzene rings is 2. The second kappa shape index (κ2) is 8.47. The molecule has 2 aromatic carbocycles. The molecule has 0 aliphatic heterocycles. The Morgan fingerprint density at radius 3 is 2.54 bits per heavy atom. The van der Waals surface area contributed by atoms with E-state index in [9.17, 15) is 14.9 Å². The molecule has 24 heavy (non-hydrogen) atoms. The maximum Gasteiger partial charge on any atom is 0.336 e. The highest BCUT2D eigenvalue weighted by atomic mass is 16.6. The van der Waals surface area contributed by atoms with Crippen molar-refractivity contribution >= 4 is 17.7 Å². The number of nitro groups is 1. The van der Waals surface area contributed by atoms with Crippen LogP contribution >= 0.6 is 0 Å². The summed E-state index contributed by atoms with van der Waals surface area (Å²) < 4.78 is 10.7. The largest absolute Gasteiger partial charge is 0.493 e. The fourth-order valence-electron chi connectivity index (χ4n) is 1.91. The minimum Gasteiger partial charge on any atom is -0.493 e. The quantitative estimate of drug-likeness (QED) is 0.252. The summed E-state index contributed by atoms with van der Waals surface area (Å²) >= 11 is 0. The van der Waals surface area contributed by atoms with E-state index in [1.165, 1.54) is 30.3 Å². The van der Waals surface area contributed by atoms with Gasteiger partial charge in [0.15, 0.2) is 0 Å². The van der Waals surface area contributed by atoms with Crippen molar-refractivity contribution in [3.05, 3.63) is 70.3 Å². The van der Waals surface area contributed by atoms with Gasteiger partial charge >= 0.3 is 5.97 Å². The number of nitro benzene ring substituents is 1. The zero-order valence-electron chi connectivity index (χ0n) is 13.2. The third kappa shape index (κ3) is 4.95. The molecule has 0 aromatic heterocycles. The topological polar surface area (TPSA) is 78.7 Å². The van der Waals surface area contributed by atoms with Gasteiger partial charge in [0.1, 0.15) is 11.5 Å². The van der Waals surface area contributed by atoms with Crippen molar-refractivity contribution in [1.82, 2.24) is 0 Å². The van der Waals surface area contributed by atoms with E-state index >= 15 is 0 Å². The first-order valence-corrected chi connectivity index (χ1v) is 7.46. The molecule has 0 unspecified atom stereocenters. The molecule has 2 rings (SSSR count). The minimum atomic E-state index is -0.575. The highest BCUT2D eigenvalue weighted by Crippen LogP contribution is 2.20. The van der Waals surface area contributed by atoms with E-state index in [0.717, 1.165) is 12.0 Å². The van der Waals surface area contributed by atoms with Gasteiger partial charge in [-0.2, -0.15) is 0 Å². The summed E-state index contributed by atoms with van der Waals surface area (Å²) in [5.41, 5.74) is 0.707. The third-order valence-corrected chi connectivity index (χ3v) is 3.05. The first-order valence-electron chi connectivity index (χ1n) is 7.46. The second-order valence-electron chi connectivity index (χ2n) is 4.89. The summed E-state index contributed by atoms with van der Waals surface area (Å²) in [6, 6.07) is 12.7. The van der Waals surface area contributed by atoms with Crippen LogP contribution in [0.1, 0.15) is 18.9 Å². The van der Waals surface area contributed by atoms with E-state index in [0.29, 0.717) is 12.4 Å². The van der Waals surface area contributed by atoms with Crippen LogP contribution in [0.3, 0.4) is 0 Å². The van der Waals surface area contributed by atoms with Gasteiger partial charge in [-0.1, -0.05) is 25.1 Å². The lowest BCUT2D eigenvalue weighted by atomic mass is 10.2. The monoisotopic (exact) mass is 327 g/mol. The molecule has 0 saturated carbocycles. The van der Waals surface area contributed by atoms with E-state index < -0.39 is 10.9 Å². The van der Waals surface area contributed by atoms with Crippen LogP contribution in [-0.2, 0) is 4.79 Å². The molecular weight excluding hydrogens is 310 g/mol. The van der Waals surface area contributed by atoms with Crippen molar-refractivity contribution in [2.75, 3.05) is 6.61 Å². The van der Waals surface area contributed by atoms with Crippen LogP contribution in [0.5, 0.6) is 11.5 Å². The molecule has 0 bridgehead atoms. The average molecular weight is 327 g/mol. The molecular formula is C18H17NO5. The highest BCUT2D eigenvalue weighted by Gasteiger charge is 2.07. The Bertz CT molecular complexity index is 737. The Balaban J connectivity index is 2.01. The molecule has 0 aliphatic rings. The van der Waals surface area contributed by atoms with E-state index in [2.05, 4.69) is 0 Å². The molecule has 0 spiro atoms. The summed E-state index contributed by atoms with van der Waals surface area (Å²) in [6.45, 7) is 2.61. The molecule has 0 heterocycles. The van der Waals surface area contributed by atoms with Gasteiger partial charge < -0.3 is 9.47 Å². The first-order chi connectivity index (χ1) is 11.6. The van der Waals surface area contributed by atoms with Crippen LogP contribution < -0.4 is 9.47 Å². The van der Waals surface area contributed by atoms with Crippen molar-refractivity contribution in [3.8, 4) is 11.5 Å². The minimum absolute atomic E-state index is 0.0626. The molecule has 0 aliphatic carbocycles. The lowest BCUT2D eigenvalue weighted by molar-refractivity contribution is -0.384. The number of para-hydroxylation sites is 1. The summed E-state index contributed by atoms with van der Waals surface area (Å²) in [7, 11) is 0. The maximum absolute atomic E-state index is 11.8. The molecule has 0 atom stereocenters. The molecule has 6 nitrogen and oxygen atoms in total. The van der Waals surface area contributed by atoms with Crippen LogP contribution in [0.25, 0.3) is 6.08 Å². The third-order valence-electron chi connectivity index (χ3n) is 3.05. The molecule has 0 N–H and O–H groups in total. The molecule has 0 radical (unpaired) electrons. The van der Waals surface area contributed by atoms with Gasteiger partial charge in [0, 0.05) is 23.8 Å². The summed E-state index contributed by atoms with van der Waals surface area (Å²) in [6.07, 6.45) is 3.79. The normalized spacial score (nSPS) is 10.5. The number of hydrogen-bond donors (Lipinski definition) is 0. The molecule has 0 amide bonds. The van der Waals surface area contributed by atoms with E-state index in [-0.39, 0.29) is 11.4 Å². The Hall–Kier alpha value is -3.15. The van der Waals surface area contributed by atoms with Gasteiger partial charge in [-0.05, 0) is 30.7 Å². The Morgan fingerprint density at radius 2 is 1.88 bits per heavy atom. The molecule has 0 saturated heterocycles. The fourth-order valence-corrected chi connectivity index (χ4v) is 1.91. The van der Waals surface area contributed by atoms with Crippen LogP contribution in [0.2, 0.25) is 0 Å². The predicted octanol–water partition coefficient (Wildman–Crippen LogP) is 4.00. The van der Waals surface area contributed by atoms with Crippen molar-refractivity contribution in [1.29, 1.82) is 0 Å². The predicted molar refractivity (Wildman–Crippen MR) is 90.0 cm³/mol. The zero-order valence-corrected chi connectivity index (χ0v) is 13.2. The SMILES string of the molecule is CCCOc1ccccc1C=CC(=O)Oc1ccc([N+](=O)[O-])cc1. The fraction of sp³-hybridized carbons (Fsp3) is 0.167. The van der Waals surface area contributed by atoms with Gasteiger partial charge in [0.25, 0.3) is 5.69 Å². The number of nitrogens with zero attached hydrogens (tertiary/aromatic N) is 1. The molecule has 124 valence electrons. The van der Waals surface area contributed by atoms with Crippen molar-refractivity contribution in [2.45, 2.75) is 13.3 Å². The number of hydrogen-bond acceptors (Lipinski definition) is 5. The average Bonchev–Trinajstić information content (AvgIpc) is 2.59.